The maximum Gasteiger partial charge on any atom is 0.258 e. The number of rotatable bonds is 2. The Morgan fingerprint density at radius 2 is 2.04 bits per heavy atom. The molecule has 0 spiro atoms. The van der Waals surface area contributed by atoms with E-state index < -0.39 is 0 Å². The normalized spacial score (nSPS) is 22.0. The molecule has 2 bridgehead atoms. The Bertz CT molecular complexity index is 1150. The fourth-order valence-corrected chi connectivity index (χ4v) is 4.74. The molecule has 1 N–H and O–H groups in total. The third kappa shape index (κ3) is 2.99. The van der Waals surface area contributed by atoms with Crippen molar-refractivity contribution in [2.75, 3.05) is 13.1 Å². The van der Waals surface area contributed by atoms with Crippen molar-refractivity contribution in [3.63, 3.8) is 0 Å². The van der Waals surface area contributed by atoms with Crippen molar-refractivity contribution in [2.24, 2.45) is 5.92 Å². The van der Waals surface area contributed by atoms with Gasteiger partial charge in [0, 0.05) is 42.3 Å². The lowest BCUT2D eigenvalue weighted by Gasteiger charge is -2.42. The highest BCUT2D eigenvalue weighted by Crippen LogP contribution is 2.35. The van der Waals surface area contributed by atoms with E-state index in [1.165, 1.54) is 0 Å². The fraction of sp³-hybridized carbons (Fsp3) is 0.350. The Kier molecular flexibility index (Phi) is 3.91. The summed E-state index contributed by atoms with van der Waals surface area (Å²) >= 11 is 6.05. The Balaban J connectivity index is 1.44. The minimum Gasteiger partial charge on any atom is -0.312 e. The minimum atomic E-state index is -0.138. The molecule has 7 heteroatoms. The summed E-state index contributed by atoms with van der Waals surface area (Å²) in [5.74, 6) is 1.44. The Morgan fingerprint density at radius 3 is 2.93 bits per heavy atom. The third-order valence-electron chi connectivity index (χ3n) is 5.65. The topological polar surface area (TPSA) is 71.0 Å². The molecule has 6 nitrogen and oxygen atoms in total. The van der Waals surface area contributed by atoms with Crippen molar-refractivity contribution in [1.29, 1.82) is 0 Å². The summed E-state index contributed by atoms with van der Waals surface area (Å²) in [5, 5.41) is 1.12. The number of nitrogens with zero attached hydrogens (tertiary/aromatic N) is 3. The number of hydrogen-bond acceptors (Lipinski definition) is 4. The van der Waals surface area contributed by atoms with E-state index in [-0.39, 0.29) is 11.1 Å². The van der Waals surface area contributed by atoms with Crippen LogP contribution in [-0.4, -0.2) is 32.5 Å². The molecular weight excluding hydrogens is 364 g/mol. The SMILES string of the molecule is O=c1[nH]c(CN2C[C@H]3C[C@@H](C2)c2cccc(=O)n2C3)nc2cc(Cl)ccc12. The zero-order valence-electron chi connectivity index (χ0n) is 14.7. The maximum atomic E-state index is 12.4. The van der Waals surface area contributed by atoms with Crippen LogP contribution < -0.4 is 11.1 Å². The van der Waals surface area contributed by atoms with E-state index in [9.17, 15) is 9.59 Å². The van der Waals surface area contributed by atoms with Crippen molar-refractivity contribution in [1.82, 2.24) is 19.4 Å². The molecule has 27 heavy (non-hydrogen) atoms. The van der Waals surface area contributed by atoms with Crippen LogP contribution >= 0.6 is 11.6 Å². The van der Waals surface area contributed by atoms with Gasteiger partial charge in [0.1, 0.15) is 5.82 Å². The summed E-state index contributed by atoms with van der Waals surface area (Å²) in [6, 6.07) is 10.7. The predicted molar refractivity (Wildman–Crippen MR) is 104 cm³/mol. The smallest absolute Gasteiger partial charge is 0.258 e. The Morgan fingerprint density at radius 1 is 1.15 bits per heavy atom. The van der Waals surface area contributed by atoms with E-state index in [1.54, 1.807) is 24.3 Å². The first-order valence-electron chi connectivity index (χ1n) is 9.17. The van der Waals surface area contributed by atoms with Crippen LogP contribution in [0.15, 0.2) is 46.0 Å². The number of pyridine rings is 1. The molecule has 2 aliphatic heterocycles. The number of aromatic nitrogens is 3. The van der Waals surface area contributed by atoms with E-state index in [4.69, 9.17) is 11.6 Å². The zero-order chi connectivity index (χ0) is 18.5. The van der Waals surface area contributed by atoms with Crippen LogP contribution in [0.5, 0.6) is 0 Å². The van der Waals surface area contributed by atoms with Crippen molar-refractivity contribution >= 4 is 22.5 Å². The number of H-pyrrole nitrogens is 1. The monoisotopic (exact) mass is 382 g/mol. The van der Waals surface area contributed by atoms with Gasteiger partial charge in [0.25, 0.3) is 11.1 Å². The van der Waals surface area contributed by atoms with E-state index >= 15 is 0 Å². The fourth-order valence-electron chi connectivity index (χ4n) is 4.57. The van der Waals surface area contributed by atoms with Gasteiger partial charge in [-0.15, -0.1) is 0 Å². The summed E-state index contributed by atoms with van der Waals surface area (Å²) in [4.78, 5) is 34.3. The lowest BCUT2D eigenvalue weighted by atomic mass is 9.83. The first-order chi connectivity index (χ1) is 13.1. The number of hydrogen-bond donors (Lipinski definition) is 1. The molecule has 0 unspecified atom stereocenters. The second-order valence-corrected chi connectivity index (χ2v) is 8.00. The van der Waals surface area contributed by atoms with Crippen molar-refractivity contribution in [3.05, 3.63) is 73.6 Å². The van der Waals surface area contributed by atoms with Gasteiger partial charge < -0.3 is 9.55 Å². The maximum absolute atomic E-state index is 12.4. The van der Waals surface area contributed by atoms with Crippen molar-refractivity contribution < 1.29 is 0 Å². The lowest BCUT2D eigenvalue weighted by Crippen LogP contribution is -2.46. The molecule has 4 heterocycles. The molecular formula is C20H19ClN4O2. The number of aromatic amines is 1. The van der Waals surface area contributed by atoms with Gasteiger partial charge in [-0.3, -0.25) is 14.5 Å². The van der Waals surface area contributed by atoms with Gasteiger partial charge in [-0.2, -0.15) is 0 Å². The molecule has 138 valence electrons. The Labute approximate surface area is 160 Å². The average Bonchev–Trinajstić information content (AvgIpc) is 2.62. The summed E-state index contributed by atoms with van der Waals surface area (Å²) in [5.41, 5.74) is 1.69. The van der Waals surface area contributed by atoms with Gasteiger partial charge in [0.2, 0.25) is 0 Å². The van der Waals surface area contributed by atoms with E-state index in [2.05, 4.69) is 20.9 Å². The number of piperidine rings is 1. The molecule has 2 atom stereocenters. The van der Waals surface area contributed by atoms with Gasteiger partial charge in [0.15, 0.2) is 0 Å². The molecule has 1 fully saturated rings. The summed E-state index contributed by atoms with van der Waals surface area (Å²) < 4.78 is 1.92. The lowest BCUT2D eigenvalue weighted by molar-refractivity contribution is 0.112. The second-order valence-electron chi connectivity index (χ2n) is 7.57. The molecule has 3 aromatic rings. The van der Waals surface area contributed by atoms with Gasteiger partial charge in [-0.1, -0.05) is 17.7 Å². The van der Waals surface area contributed by atoms with Crippen LogP contribution in [-0.2, 0) is 13.1 Å². The van der Waals surface area contributed by atoms with Gasteiger partial charge in [-0.05, 0) is 36.6 Å². The first kappa shape index (κ1) is 16.7. The largest absolute Gasteiger partial charge is 0.312 e. The second kappa shape index (κ2) is 6.32. The summed E-state index contributed by atoms with van der Waals surface area (Å²) in [6.07, 6.45) is 1.11. The summed E-state index contributed by atoms with van der Waals surface area (Å²) in [7, 11) is 0. The number of halogens is 1. The highest BCUT2D eigenvalue weighted by Gasteiger charge is 2.34. The van der Waals surface area contributed by atoms with Crippen LogP contribution in [0, 0.1) is 5.92 Å². The number of benzene rings is 1. The molecule has 2 aliphatic rings. The Hall–Kier alpha value is -2.44. The van der Waals surface area contributed by atoms with E-state index in [0.717, 1.165) is 31.7 Å². The number of likely N-dealkylation sites (tertiary alicyclic amines) is 1. The zero-order valence-corrected chi connectivity index (χ0v) is 15.4. The highest BCUT2D eigenvalue weighted by atomic mass is 35.5. The van der Waals surface area contributed by atoms with Crippen LogP contribution in [0.1, 0.15) is 23.9 Å². The van der Waals surface area contributed by atoms with Crippen molar-refractivity contribution in [2.45, 2.75) is 25.4 Å². The van der Waals surface area contributed by atoms with Crippen LogP contribution in [0.25, 0.3) is 10.9 Å². The van der Waals surface area contributed by atoms with E-state index in [1.807, 2.05) is 10.6 Å². The van der Waals surface area contributed by atoms with Gasteiger partial charge >= 0.3 is 0 Å². The van der Waals surface area contributed by atoms with Crippen LogP contribution in [0.3, 0.4) is 0 Å². The standard InChI is InChI=1S/C20H19ClN4O2/c21-14-4-5-15-16(7-14)22-18(23-20(15)27)11-24-8-12-6-13(10-24)17-2-1-3-19(26)25(17)9-12/h1-5,7,12-13H,6,8-11H2,(H,22,23,27)/t12-,13+/m1/s1. The molecule has 0 radical (unpaired) electrons. The first-order valence-corrected chi connectivity index (χ1v) is 9.55. The molecule has 0 aliphatic carbocycles. The van der Waals surface area contributed by atoms with Gasteiger partial charge in [-0.25, -0.2) is 4.98 Å². The quantitative estimate of drug-likeness (QED) is 0.738. The molecule has 5 rings (SSSR count). The molecule has 2 aromatic heterocycles. The van der Waals surface area contributed by atoms with Crippen LogP contribution in [0.2, 0.25) is 5.02 Å². The minimum absolute atomic E-state index is 0.0908. The molecule has 1 saturated heterocycles. The van der Waals surface area contributed by atoms with Crippen molar-refractivity contribution in [3.8, 4) is 0 Å². The highest BCUT2D eigenvalue weighted by molar-refractivity contribution is 6.31. The van der Waals surface area contributed by atoms with E-state index in [0.29, 0.717) is 40.1 Å². The molecule has 0 saturated carbocycles. The number of fused-ring (bicyclic) bond motifs is 5. The number of nitrogens with one attached hydrogen (secondary N) is 1. The van der Waals surface area contributed by atoms with Crippen LogP contribution in [0.4, 0.5) is 0 Å². The predicted octanol–water partition coefficient (Wildman–Crippen LogP) is 2.36. The molecule has 1 aromatic carbocycles. The summed E-state index contributed by atoms with van der Waals surface area (Å²) in [6.45, 7) is 3.10. The van der Waals surface area contributed by atoms with Gasteiger partial charge in [0.05, 0.1) is 17.4 Å². The molecule has 0 amide bonds. The average molecular weight is 383 g/mol. The third-order valence-corrected chi connectivity index (χ3v) is 5.88.